The summed E-state index contributed by atoms with van der Waals surface area (Å²) in [6, 6.07) is 21.8. The van der Waals surface area contributed by atoms with Crippen LogP contribution in [0.4, 0.5) is 0 Å². The molecule has 0 aromatic heterocycles. The maximum absolute atomic E-state index is 13.3. The molecule has 2 heterocycles. The van der Waals surface area contributed by atoms with Crippen LogP contribution in [0.15, 0.2) is 78.4 Å². The van der Waals surface area contributed by atoms with Crippen molar-refractivity contribution in [2.45, 2.75) is 38.5 Å². The fourth-order valence-electron chi connectivity index (χ4n) is 5.08. The van der Waals surface area contributed by atoms with Gasteiger partial charge in [0.15, 0.2) is 0 Å². The SMILES string of the molecule is COCCCN1C(=O)C(=O)/C(=C(/O)c2ccc3c(c2)C[C@@H](C)O3)[C@H]1c1cccc(OCc2ccccc2)c1. The van der Waals surface area contributed by atoms with Gasteiger partial charge in [-0.05, 0) is 60.4 Å². The van der Waals surface area contributed by atoms with Crippen LogP contribution in [0.3, 0.4) is 0 Å². The number of ketones is 1. The number of aliphatic hydroxyl groups is 1. The van der Waals surface area contributed by atoms with Gasteiger partial charge in [0.25, 0.3) is 11.7 Å². The van der Waals surface area contributed by atoms with Crippen molar-refractivity contribution in [3.8, 4) is 11.5 Å². The van der Waals surface area contributed by atoms with Crippen LogP contribution in [0.2, 0.25) is 0 Å². The first-order chi connectivity index (χ1) is 18.5. The standard InChI is InChI=1S/C31H31NO6/c1-20-16-24-17-23(12-13-26(24)38-20)29(33)27-28(32(14-7-15-36-2)31(35)30(27)34)22-10-6-11-25(18-22)37-19-21-8-4-3-5-9-21/h3-6,8-13,17-18,20,28,33H,7,14-16,19H2,1-2H3/b29-27+/t20-,28-/m1/s1. The van der Waals surface area contributed by atoms with Gasteiger partial charge in [-0.3, -0.25) is 9.59 Å². The van der Waals surface area contributed by atoms with E-state index < -0.39 is 17.7 Å². The van der Waals surface area contributed by atoms with Gasteiger partial charge in [0.05, 0.1) is 11.6 Å². The number of likely N-dealkylation sites (tertiary alicyclic amines) is 1. The summed E-state index contributed by atoms with van der Waals surface area (Å²) < 4.78 is 17.0. The van der Waals surface area contributed by atoms with E-state index in [1.54, 1.807) is 19.2 Å². The predicted octanol–water partition coefficient (Wildman–Crippen LogP) is 5.05. The number of hydrogen-bond acceptors (Lipinski definition) is 6. The van der Waals surface area contributed by atoms with Crippen LogP contribution in [-0.2, 0) is 27.4 Å². The summed E-state index contributed by atoms with van der Waals surface area (Å²) in [7, 11) is 1.59. The lowest BCUT2D eigenvalue weighted by Crippen LogP contribution is -2.31. The summed E-state index contributed by atoms with van der Waals surface area (Å²) in [5.74, 6) is -0.154. The second-order valence-corrected chi connectivity index (χ2v) is 9.64. The number of ether oxygens (including phenoxy) is 3. The molecule has 0 aliphatic carbocycles. The summed E-state index contributed by atoms with van der Waals surface area (Å²) in [6.07, 6.45) is 1.32. The predicted molar refractivity (Wildman–Crippen MR) is 143 cm³/mol. The summed E-state index contributed by atoms with van der Waals surface area (Å²) >= 11 is 0. The largest absolute Gasteiger partial charge is 0.507 e. The highest BCUT2D eigenvalue weighted by atomic mass is 16.5. The Bertz CT molecular complexity index is 1370. The van der Waals surface area contributed by atoms with Crippen molar-refractivity contribution in [1.29, 1.82) is 0 Å². The second kappa shape index (κ2) is 11.1. The van der Waals surface area contributed by atoms with E-state index in [0.29, 0.717) is 49.5 Å². The Labute approximate surface area is 222 Å². The number of carbonyl (C=O) groups excluding carboxylic acids is 2. The summed E-state index contributed by atoms with van der Waals surface area (Å²) in [5, 5.41) is 11.4. The van der Waals surface area contributed by atoms with E-state index in [1.807, 2.05) is 67.6 Å². The van der Waals surface area contributed by atoms with Gasteiger partial charge in [0.1, 0.15) is 30.0 Å². The zero-order valence-electron chi connectivity index (χ0n) is 21.6. The Balaban J connectivity index is 1.52. The highest BCUT2D eigenvalue weighted by molar-refractivity contribution is 6.46. The molecule has 2 aliphatic rings. The molecule has 3 aromatic rings. The number of nitrogens with zero attached hydrogens (tertiary/aromatic N) is 1. The molecule has 1 amide bonds. The number of aliphatic hydroxyl groups excluding tert-OH is 1. The average molecular weight is 514 g/mol. The van der Waals surface area contributed by atoms with Gasteiger partial charge in [0.2, 0.25) is 0 Å². The van der Waals surface area contributed by atoms with Crippen molar-refractivity contribution in [1.82, 2.24) is 4.90 Å². The molecule has 0 saturated carbocycles. The van der Waals surface area contributed by atoms with Crippen molar-refractivity contribution in [3.05, 3.63) is 101 Å². The number of methoxy groups -OCH3 is 1. The molecule has 1 saturated heterocycles. The molecular weight excluding hydrogens is 482 g/mol. The summed E-state index contributed by atoms with van der Waals surface area (Å²) in [6.45, 7) is 3.12. The third kappa shape index (κ3) is 5.15. The normalized spacial score (nSPS) is 19.9. The van der Waals surface area contributed by atoms with Crippen LogP contribution < -0.4 is 9.47 Å². The molecule has 0 spiro atoms. The number of benzene rings is 3. The fourth-order valence-corrected chi connectivity index (χ4v) is 5.08. The minimum atomic E-state index is -0.754. The number of amides is 1. The molecule has 2 atom stereocenters. The fraction of sp³-hybridized carbons (Fsp3) is 0.290. The van der Waals surface area contributed by atoms with Crippen molar-refractivity contribution in [2.24, 2.45) is 0 Å². The molecule has 5 rings (SSSR count). The first-order valence-electron chi connectivity index (χ1n) is 12.8. The third-order valence-electron chi connectivity index (χ3n) is 6.88. The van der Waals surface area contributed by atoms with E-state index in [9.17, 15) is 14.7 Å². The summed E-state index contributed by atoms with van der Waals surface area (Å²) in [4.78, 5) is 28.0. The summed E-state index contributed by atoms with van der Waals surface area (Å²) in [5.41, 5.74) is 3.23. The number of rotatable bonds is 9. The lowest BCUT2D eigenvalue weighted by atomic mass is 9.94. The monoisotopic (exact) mass is 513 g/mol. The second-order valence-electron chi connectivity index (χ2n) is 9.64. The Morgan fingerprint density at radius 3 is 2.66 bits per heavy atom. The quantitative estimate of drug-likeness (QED) is 0.187. The Morgan fingerprint density at radius 1 is 1.05 bits per heavy atom. The van der Waals surface area contributed by atoms with E-state index >= 15 is 0 Å². The number of fused-ring (bicyclic) bond motifs is 1. The van der Waals surface area contributed by atoms with Gasteiger partial charge < -0.3 is 24.2 Å². The zero-order valence-corrected chi connectivity index (χ0v) is 21.6. The number of Topliss-reactive ketones (excluding diaryl/α,β-unsaturated/α-hetero) is 1. The van der Waals surface area contributed by atoms with Crippen molar-refractivity contribution in [3.63, 3.8) is 0 Å². The van der Waals surface area contributed by atoms with Crippen molar-refractivity contribution in [2.75, 3.05) is 20.3 Å². The molecule has 1 fully saturated rings. The van der Waals surface area contributed by atoms with Crippen LogP contribution >= 0.6 is 0 Å². The van der Waals surface area contributed by atoms with Gasteiger partial charge in [-0.15, -0.1) is 0 Å². The molecular formula is C31H31NO6. The molecule has 3 aromatic carbocycles. The van der Waals surface area contributed by atoms with Crippen LogP contribution in [0.1, 0.15) is 41.6 Å². The van der Waals surface area contributed by atoms with E-state index in [4.69, 9.17) is 14.2 Å². The lowest BCUT2D eigenvalue weighted by molar-refractivity contribution is -0.140. The molecule has 7 nitrogen and oxygen atoms in total. The van der Waals surface area contributed by atoms with E-state index in [0.717, 1.165) is 16.9 Å². The minimum absolute atomic E-state index is 0.0485. The van der Waals surface area contributed by atoms with Gasteiger partial charge in [-0.1, -0.05) is 42.5 Å². The topological polar surface area (TPSA) is 85.3 Å². The lowest BCUT2D eigenvalue weighted by Gasteiger charge is -2.25. The Hall–Kier alpha value is -4.10. The Morgan fingerprint density at radius 2 is 1.87 bits per heavy atom. The molecule has 0 unspecified atom stereocenters. The number of carbonyl (C=O) groups is 2. The van der Waals surface area contributed by atoms with Gasteiger partial charge in [-0.2, -0.15) is 0 Å². The van der Waals surface area contributed by atoms with Crippen LogP contribution in [0, 0.1) is 0 Å². The number of hydrogen-bond donors (Lipinski definition) is 1. The molecule has 7 heteroatoms. The van der Waals surface area contributed by atoms with Crippen LogP contribution in [0.25, 0.3) is 5.76 Å². The molecule has 2 aliphatic heterocycles. The zero-order chi connectivity index (χ0) is 26.6. The maximum atomic E-state index is 13.3. The van der Waals surface area contributed by atoms with E-state index in [2.05, 4.69) is 0 Å². The molecule has 0 radical (unpaired) electrons. The smallest absolute Gasteiger partial charge is 0.295 e. The average Bonchev–Trinajstić information content (AvgIpc) is 3.43. The first-order valence-corrected chi connectivity index (χ1v) is 12.8. The molecule has 1 N–H and O–H groups in total. The van der Waals surface area contributed by atoms with Gasteiger partial charge in [-0.25, -0.2) is 0 Å². The van der Waals surface area contributed by atoms with Crippen LogP contribution in [-0.4, -0.2) is 48.1 Å². The minimum Gasteiger partial charge on any atom is -0.507 e. The highest BCUT2D eigenvalue weighted by Crippen LogP contribution is 2.41. The van der Waals surface area contributed by atoms with Crippen molar-refractivity contribution >= 4 is 17.4 Å². The highest BCUT2D eigenvalue weighted by Gasteiger charge is 2.46. The van der Waals surface area contributed by atoms with Crippen molar-refractivity contribution < 1.29 is 28.9 Å². The third-order valence-corrected chi connectivity index (χ3v) is 6.88. The van der Waals surface area contributed by atoms with E-state index in [-0.39, 0.29) is 17.4 Å². The van der Waals surface area contributed by atoms with Crippen LogP contribution in [0.5, 0.6) is 11.5 Å². The first kappa shape index (κ1) is 25.5. The maximum Gasteiger partial charge on any atom is 0.295 e. The Kier molecular flexibility index (Phi) is 7.47. The van der Waals surface area contributed by atoms with Gasteiger partial charge in [0, 0.05) is 32.2 Å². The molecule has 0 bridgehead atoms. The van der Waals surface area contributed by atoms with E-state index in [1.165, 1.54) is 4.90 Å². The van der Waals surface area contributed by atoms with Gasteiger partial charge >= 0.3 is 0 Å². The molecule has 38 heavy (non-hydrogen) atoms. The molecule has 196 valence electrons.